The second-order valence-corrected chi connectivity index (χ2v) is 6.72. The Balaban J connectivity index is 1.54. The molecule has 0 radical (unpaired) electrons. The van der Waals surface area contributed by atoms with Crippen LogP contribution in [0.4, 0.5) is 0 Å². The van der Waals surface area contributed by atoms with E-state index in [1.165, 1.54) is 5.56 Å². The van der Waals surface area contributed by atoms with Crippen LogP contribution in [-0.2, 0) is 6.54 Å². The van der Waals surface area contributed by atoms with E-state index < -0.39 is 0 Å². The van der Waals surface area contributed by atoms with Gasteiger partial charge in [-0.1, -0.05) is 30.3 Å². The van der Waals surface area contributed by atoms with Gasteiger partial charge in [0.15, 0.2) is 11.5 Å². The molecule has 2 aromatic rings. The van der Waals surface area contributed by atoms with Crippen LogP contribution in [0.1, 0.15) is 17.0 Å². The van der Waals surface area contributed by atoms with E-state index in [2.05, 4.69) is 35.2 Å². The molecule has 1 fully saturated rings. The molecule has 132 valence electrons. The summed E-state index contributed by atoms with van der Waals surface area (Å²) in [4.78, 5) is 2.45. The number of benzene rings is 2. The van der Waals surface area contributed by atoms with Gasteiger partial charge in [-0.05, 0) is 24.1 Å². The number of hydrogen-bond acceptors (Lipinski definition) is 5. The predicted octanol–water partition coefficient (Wildman–Crippen LogP) is 2.60. The lowest BCUT2D eigenvalue weighted by Gasteiger charge is -2.18. The molecular formula is C20H24N2O3. The van der Waals surface area contributed by atoms with Crippen LogP contribution in [0.25, 0.3) is 0 Å². The minimum absolute atomic E-state index is 0.275. The molecule has 0 amide bonds. The zero-order chi connectivity index (χ0) is 17.2. The molecule has 4 rings (SSSR count). The Kier molecular flexibility index (Phi) is 4.51. The third-order valence-corrected chi connectivity index (χ3v) is 5.22. The lowest BCUT2D eigenvalue weighted by molar-refractivity contribution is 0.174. The van der Waals surface area contributed by atoms with Crippen LogP contribution in [0.3, 0.4) is 0 Å². The molecule has 0 aliphatic carbocycles. The van der Waals surface area contributed by atoms with Gasteiger partial charge in [0.25, 0.3) is 0 Å². The molecule has 2 aliphatic heterocycles. The Morgan fingerprint density at radius 1 is 1.12 bits per heavy atom. The van der Waals surface area contributed by atoms with Crippen LogP contribution in [-0.4, -0.2) is 38.4 Å². The molecule has 0 saturated carbocycles. The Morgan fingerprint density at radius 3 is 2.60 bits per heavy atom. The highest BCUT2D eigenvalue weighted by Gasteiger charge is 2.33. The first-order chi connectivity index (χ1) is 12.3. The van der Waals surface area contributed by atoms with E-state index in [0.717, 1.165) is 42.4 Å². The summed E-state index contributed by atoms with van der Waals surface area (Å²) in [5, 5.41) is 0. The van der Waals surface area contributed by atoms with E-state index in [1.807, 2.05) is 12.1 Å². The topological polar surface area (TPSA) is 57.0 Å². The maximum atomic E-state index is 6.06. The van der Waals surface area contributed by atoms with Crippen LogP contribution in [0.15, 0.2) is 42.5 Å². The number of methoxy groups -OCH3 is 1. The third kappa shape index (κ3) is 3.17. The highest BCUT2D eigenvalue weighted by atomic mass is 16.7. The van der Waals surface area contributed by atoms with Crippen molar-refractivity contribution >= 4 is 0 Å². The largest absolute Gasteiger partial charge is 0.496 e. The molecular weight excluding hydrogens is 316 g/mol. The molecule has 2 atom stereocenters. The van der Waals surface area contributed by atoms with Gasteiger partial charge >= 0.3 is 0 Å². The molecule has 5 nitrogen and oxygen atoms in total. The molecule has 0 spiro atoms. The Bertz CT molecular complexity index is 735. The summed E-state index contributed by atoms with van der Waals surface area (Å²) in [5.74, 6) is 3.35. The summed E-state index contributed by atoms with van der Waals surface area (Å²) in [5.41, 5.74) is 8.55. The minimum Gasteiger partial charge on any atom is -0.496 e. The number of likely N-dealkylation sites (tertiary alicyclic amines) is 1. The lowest BCUT2D eigenvalue weighted by Crippen LogP contribution is -2.23. The predicted molar refractivity (Wildman–Crippen MR) is 96.1 cm³/mol. The van der Waals surface area contributed by atoms with Crippen molar-refractivity contribution in [1.82, 2.24) is 4.90 Å². The highest BCUT2D eigenvalue weighted by Crippen LogP contribution is 2.40. The highest BCUT2D eigenvalue weighted by molar-refractivity contribution is 5.51. The number of fused-ring (bicyclic) bond motifs is 1. The van der Waals surface area contributed by atoms with Crippen LogP contribution in [0.5, 0.6) is 17.2 Å². The monoisotopic (exact) mass is 340 g/mol. The van der Waals surface area contributed by atoms with Crippen molar-refractivity contribution in [2.45, 2.75) is 12.5 Å². The van der Waals surface area contributed by atoms with Crippen molar-refractivity contribution in [3.05, 3.63) is 53.6 Å². The first kappa shape index (κ1) is 16.2. The molecule has 0 aromatic heterocycles. The molecule has 2 N–H and O–H groups in total. The average Bonchev–Trinajstić information content (AvgIpc) is 3.27. The number of rotatable bonds is 5. The summed E-state index contributed by atoms with van der Waals surface area (Å²) in [6, 6.07) is 14.6. The normalized spacial score (nSPS) is 22.3. The van der Waals surface area contributed by atoms with Crippen molar-refractivity contribution in [3.8, 4) is 17.2 Å². The quantitative estimate of drug-likeness (QED) is 0.907. The third-order valence-electron chi connectivity index (χ3n) is 5.22. The van der Waals surface area contributed by atoms with E-state index in [0.29, 0.717) is 18.4 Å². The Hall–Kier alpha value is -2.24. The van der Waals surface area contributed by atoms with E-state index in [9.17, 15) is 0 Å². The van der Waals surface area contributed by atoms with Crippen molar-refractivity contribution in [1.29, 1.82) is 0 Å². The summed E-state index contributed by atoms with van der Waals surface area (Å²) < 4.78 is 16.5. The van der Waals surface area contributed by atoms with Crippen LogP contribution in [0.2, 0.25) is 0 Å². The minimum atomic E-state index is 0.275. The Morgan fingerprint density at radius 2 is 1.88 bits per heavy atom. The van der Waals surface area contributed by atoms with Crippen molar-refractivity contribution in [2.75, 3.05) is 33.5 Å². The molecule has 0 bridgehead atoms. The van der Waals surface area contributed by atoms with Gasteiger partial charge in [-0.25, -0.2) is 0 Å². The average molecular weight is 340 g/mol. The van der Waals surface area contributed by atoms with Gasteiger partial charge in [-0.2, -0.15) is 0 Å². The van der Waals surface area contributed by atoms with Crippen LogP contribution >= 0.6 is 0 Å². The molecule has 2 aromatic carbocycles. The fourth-order valence-electron chi connectivity index (χ4n) is 3.93. The summed E-state index contributed by atoms with van der Waals surface area (Å²) in [6.45, 7) is 3.79. The van der Waals surface area contributed by atoms with Crippen LogP contribution < -0.4 is 19.9 Å². The van der Waals surface area contributed by atoms with E-state index in [-0.39, 0.29) is 6.79 Å². The molecule has 2 aliphatic rings. The number of nitrogens with two attached hydrogens (primary N) is 1. The maximum absolute atomic E-state index is 6.06. The SMILES string of the molecule is COc1cc2c(cc1CN1C[C@@H](CN)[C@H](c3ccccc3)C1)OCO2. The molecule has 25 heavy (non-hydrogen) atoms. The lowest BCUT2D eigenvalue weighted by atomic mass is 9.89. The summed E-state index contributed by atoms with van der Waals surface area (Å²) in [7, 11) is 1.69. The zero-order valence-electron chi connectivity index (χ0n) is 14.5. The second kappa shape index (κ2) is 6.94. The number of nitrogens with zero attached hydrogens (tertiary/aromatic N) is 1. The second-order valence-electron chi connectivity index (χ2n) is 6.72. The van der Waals surface area contributed by atoms with Gasteiger partial charge in [0.1, 0.15) is 5.75 Å². The van der Waals surface area contributed by atoms with E-state index in [1.54, 1.807) is 7.11 Å². The summed E-state index contributed by atoms with van der Waals surface area (Å²) >= 11 is 0. The zero-order valence-corrected chi connectivity index (χ0v) is 14.5. The number of ether oxygens (including phenoxy) is 3. The Labute approximate surface area is 148 Å². The maximum Gasteiger partial charge on any atom is 0.231 e. The fraction of sp³-hybridized carbons (Fsp3) is 0.400. The smallest absolute Gasteiger partial charge is 0.231 e. The standard InChI is InChI=1S/C20H24N2O3/c1-23-18-8-20-19(24-13-25-20)7-15(18)10-22-11-16(9-21)17(12-22)14-5-3-2-4-6-14/h2-8,16-17H,9-13,21H2,1H3/t16-,17+/m1/s1. The summed E-state index contributed by atoms with van der Waals surface area (Å²) in [6.07, 6.45) is 0. The van der Waals surface area contributed by atoms with Gasteiger partial charge in [0, 0.05) is 37.2 Å². The first-order valence-corrected chi connectivity index (χ1v) is 8.72. The van der Waals surface area contributed by atoms with E-state index >= 15 is 0 Å². The molecule has 0 unspecified atom stereocenters. The number of hydrogen-bond donors (Lipinski definition) is 1. The molecule has 5 heteroatoms. The van der Waals surface area contributed by atoms with Gasteiger partial charge in [0.05, 0.1) is 7.11 Å². The van der Waals surface area contributed by atoms with Gasteiger partial charge in [-0.3, -0.25) is 4.90 Å². The van der Waals surface area contributed by atoms with Crippen molar-refractivity contribution in [3.63, 3.8) is 0 Å². The first-order valence-electron chi connectivity index (χ1n) is 8.72. The van der Waals surface area contributed by atoms with Crippen molar-refractivity contribution < 1.29 is 14.2 Å². The van der Waals surface area contributed by atoms with Gasteiger partial charge in [0.2, 0.25) is 6.79 Å². The van der Waals surface area contributed by atoms with Crippen molar-refractivity contribution in [2.24, 2.45) is 11.7 Å². The fourth-order valence-corrected chi connectivity index (χ4v) is 3.93. The van der Waals surface area contributed by atoms with Crippen LogP contribution in [0, 0.1) is 5.92 Å². The van der Waals surface area contributed by atoms with E-state index in [4.69, 9.17) is 19.9 Å². The molecule has 1 saturated heterocycles. The molecule has 2 heterocycles. The van der Waals surface area contributed by atoms with Gasteiger partial charge < -0.3 is 19.9 Å². The van der Waals surface area contributed by atoms with Gasteiger partial charge in [-0.15, -0.1) is 0 Å².